The van der Waals surface area contributed by atoms with Crippen LogP contribution in [0.3, 0.4) is 0 Å². The van der Waals surface area contributed by atoms with E-state index < -0.39 is 0 Å². The Balaban J connectivity index is 1.39. The zero-order valence-corrected chi connectivity index (χ0v) is 16.8. The van der Waals surface area contributed by atoms with E-state index in [1.807, 2.05) is 42.5 Å². The Morgan fingerprint density at radius 1 is 0.806 bits per heavy atom. The minimum atomic E-state index is -0.355. The molecule has 3 aromatic carbocycles. The zero-order chi connectivity index (χ0) is 21.6. The van der Waals surface area contributed by atoms with Gasteiger partial charge in [0.25, 0.3) is 11.8 Å². The predicted molar refractivity (Wildman–Crippen MR) is 114 cm³/mol. The molecule has 3 N–H and O–H groups in total. The van der Waals surface area contributed by atoms with Gasteiger partial charge in [-0.3, -0.25) is 9.59 Å². The molecule has 1 aliphatic rings. The number of hydrogen-bond acceptors (Lipinski definition) is 5. The quantitative estimate of drug-likeness (QED) is 0.548. The fourth-order valence-corrected chi connectivity index (χ4v) is 3.30. The molecule has 0 radical (unpaired) electrons. The van der Waals surface area contributed by atoms with Crippen LogP contribution in [0.15, 0.2) is 66.7 Å². The van der Waals surface area contributed by atoms with Gasteiger partial charge in [-0.05, 0) is 47.0 Å². The van der Waals surface area contributed by atoms with E-state index in [1.165, 1.54) is 6.07 Å². The third kappa shape index (κ3) is 4.84. The van der Waals surface area contributed by atoms with Crippen molar-refractivity contribution < 1.29 is 24.2 Å². The van der Waals surface area contributed by atoms with Crippen molar-refractivity contribution in [1.82, 2.24) is 10.6 Å². The van der Waals surface area contributed by atoms with Gasteiger partial charge >= 0.3 is 0 Å². The molecule has 0 bridgehead atoms. The number of ether oxygens (including phenoxy) is 2. The molecule has 3 aromatic rings. The normalized spacial score (nSPS) is 11.8. The lowest BCUT2D eigenvalue weighted by Crippen LogP contribution is -2.25. The van der Waals surface area contributed by atoms with E-state index in [0.717, 1.165) is 11.1 Å². The second-order valence-corrected chi connectivity index (χ2v) is 7.07. The largest absolute Gasteiger partial charge is 0.454 e. The molecular weight excluding hydrogens is 396 g/mol. The highest BCUT2D eigenvalue weighted by Crippen LogP contribution is 2.32. The second-order valence-electron chi connectivity index (χ2n) is 7.07. The van der Waals surface area contributed by atoms with Crippen molar-refractivity contribution in [1.29, 1.82) is 0 Å². The Bertz CT molecular complexity index is 1100. The van der Waals surface area contributed by atoms with E-state index in [9.17, 15) is 14.7 Å². The number of aliphatic hydroxyl groups excluding tert-OH is 1. The third-order valence-electron chi connectivity index (χ3n) is 4.97. The van der Waals surface area contributed by atoms with Crippen molar-refractivity contribution >= 4 is 11.8 Å². The van der Waals surface area contributed by atoms with Crippen LogP contribution in [-0.2, 0) is 19.7 Å². The Morgan fingerprint density at radius 2 is 1.55 bits per heavy atom. The summed E-state index contributed by atoms with van der Waals surface area (Å²) in [5.41, 5.74) is 2.93. The minimum Gasteiger partial charge on any atom is -0.454 e. The highest BCUT2D eigenvalue weighted by Gasteiger charge is 2.16. The molecule has 0 spiro atoms. The lowest BCUT2D eigenvalue weighted by molar-refractivity contribution is 0.0936. The number of carbonyl (C=O) groups is 2. The Labute approximate surface area is 179 Å². The molecule has 7 heteroatoms. The number of nitrogens with one attached hydrogen (secondary N) is 2. The predicted octanol–water partition coefficient (Wildman–Crippen LogP) is 2.77. The van der Waals surface area contributed by atoms with E-state index in [-0.39, 0.29) is 25.2 Å². The van der Waals surface area contributed by atoms with Crippen LogP contribution in [0, 0.1) is 0 Å². The molecule has 158 valence electrons. The molecule has 2 amide bonds. The van der Waals surface area contributed by atoms with Crippen LogP contribution >= 0.6 is 0 Å². The van der Waals surface area contributed by atoms with Gasteiger partial charge in [0.05, 0.1) is 6.61 Å². The molecule has 0 saturated carbocycles. The van der Waals surface area contributed by atoms with Gasteiger partial charge in [-0.2, -0.15) is 0 Å². The smallest absolute Gasteiger partial charge is 0.251 e. The number of rotatable bonds is 7. The van der Waals surface area contributed by atoms with Crippen molar-refractivity contribution in [2.24, 2.45) is 0 Å². The molecule has 0 atom stereocenters. The molecule has 0 fully saturated rings. The summed E-state index contributed by atoms with van der Waals surface area (Å²) < 4.78 is 10.6. The Kier molecular flexibility index (Phi) is 6.14. The summed E-state index contributed by atoms with van der Waals surface area (Å²) in [6, 6.07) is 19.7. The van der Waals surface area contributed by atoms with Gasteiger partial charge in [0.1, 0.15) is 0 Å². The summed E-state index contributed by atoms with van der Waals surface area (Å²) in [6.07, 6.45) is 0. The first-order valence-electron chi connectivity index (χ1n) is 9.86. The van der Waals surface area contributed by atoms with Crippen LogP contribution in [0.4, 0.5) is 0 Å². The van der Waals surface area contributed by atoms with Crippen molar-refractivity contribution in [3.63, 3.8) is 0 Å². The molecule has 0 saturated heterocycles. The maximum atomic E-state index is 12.6. The van der Waals surface area contributed by atoms with Gasteiger partial charge in [0.2, 0.25) is 6.79 Å². The molecule has 0 unspecified atom stereocenters. The van der Waals surface area contributed by atoms with Crippen molar-refractivity contribution in [3.8, 4) is 11.5 Å². The summed E-state index contributed by atoms with van der Waals surface area (Å²) in [7, 11) is 0. The van der Waals surface area contributed by atoms with Gasteiger partial charge in [0, 0.05) is 24.2 Å². The van der Waals surface area contributed by atoms with Gasteiger partial charge in [-0.25, -0.2) is 0 Å². The highest BCUT2D eigenvalue weighted by atomic mass is 16.7. The van der Waals surface area contributed by atoms with Crippen LogP contribution < -0.4 is 20.1 Å². The van der Waals surface area contributed by atoms with Gasteiger partial charge in [-0.1, -0.05) is 36.4 Å². The van der Waals surface area contributed by atoms with Crippen LogP contribution in [0.5, 0.6) is 11.5 Å². The van der Waals surface area contributed by atoms with Crippen LogP contribution in [0.2, 0.25) is 0 Å². The maximum absolute atomic E-state index is 12.6. The number of benzene rings is 3. The molecule has 7 nitrogen and oxygen atoms in total. The molecule has 1 aliphatic heterocycles. The van der Waals surface area contributed by atoms with Gasteiger partial charge in [-0.15, -0.1) is 0 Å². The molecule has 0 aromatic heterocycles. The standard InChI is InChI=1S/C24H22N2O5/c27-14-19-11-18(23(28)25-12-16-4-2-1-3-5-16)7-8-20(19)24(29)26-13-17-6-9-21-22(10-17)31-15-30-21/h1-11,27H,12-15H2,(H,25,28)(H,26,29). The van der Waals surface area contributed by atoms with Crippen molar-refractivity contribution in [2.45, 2.75) is 19.7 Å². The lowest BCUT2D eigenvalue weighted by atomic mass is 10.0. The summed E-state index contributed by atoms with van der Waals surface area (Å²) in [6.45, 7) is 0.522. The maximum Gasteiger partial charge on any atom is 0.251 e. The number of fused-ring (bicyclic) bond motifs is 1. The summed E-state index contributed by atoms with van der Waals surface area (Å²) in [5, 5.41) is 15.4. The minimum absolute atomic E-state index is 0.191. The monoisotopic (exact) mass is 418 g/mol. The summed E-state index contributed by atoms with van der Waals surface area (Å²) >= 11 is 0. The molecule has 4 rings (SSSR count). The Morgan fingerprint density at radius 3 is 2.35 bits per heavy atom. The molecular formula is C24H22N2O5. The van der Waals surface area contributed by atoms with Gasteiger partial charge in [0.15, 0.2) is 11.5 Å². The average molecular weight is 418 g/mol. The van der Waals surface area contributed by atoms with E-state index in [1.54, 1.807) is 18.2 Å². The van der Waals surface area contributed by atoms with E-state index in [4.69, 9.17) is 9.47 Å². The molecule has 0 aliphatic carbocycles. The summed E-state index contributed by atoms with van der Waals surface area (Å²) in [4.78, 5) is 25.1. The van der Waals surface area contributed by atoms with Crippen LogP contribution in [-0.4, -0.2) is 23.7 Å². The van der Waals surface area contributed by atoms with E-state index >= 15 is 0 Å². The average Bonchev–Trinajstić information content (AvgIpc) is 3.29. The van der Waals surface area contributed by atoms with Gasteiger partial charge < -0.3 is 25.2 Å². The lowest BCUT2D eigenvalue weighted by Gasteiger charge is -2.11. The zero-order valence-electron chi connectivity index (χ0n) is 16.8. The first-order valence-corrected chi connectivity index (χ1v) is 9.86. The SMILES string of the molecule is O=C(NCc1ccccc1)c1ccc(C(=O)NCc2ccc3c(c2)OCO3)c(CO)c1. The first kappa shape index (κ1) is 20.4. The summed E-state index contributed by atoms with van der Waals surface area (Å²) in [5.74, 6) is 0.719. The van der Waals surface area contributed by atoms with Crippen molar-refractivity contribution in [3.05, 3.63) is 94.5 Å². The fraction of sp³-hybridized carbons (Fsp3) is 0.167. The third-order valence-corrected chi connectivity index (χ3v) is 4.97. The molecule has 31 heavy (non-hydrogen) atoms. The van der Waals surface area contributed by atoms with Crippen LogP contribution in [0.25, 0.3) is 0 Å². The van der Waals surface area contributed by atoms with Crippen molar-refractivity contribution in [2.75, 3.05) is 6.79 Å². The second kappa shape index (κ2) is 9.32. The fourth-order valence-electron chi connectivity index (χ4n) is 3.30. The number of hydrogen-bond donors (Lipinski definition) is 3. The topological polar surface area (TPSA) is 96.9 Å². The first-order chi connectivity index (χ1) is 15.1. The number of amides is 2. The molecule has 1 heterocycles. The Hall–Kier alpha value is -3.84. The van der Waals surface area contributed by atoms with Crippen LogP contribution in [0.1, 0.15) is 37.4 Å². The highest BCUT2D eigenvalue weighted by molar-refractivity contribution is 5.99. The number of carbonyl (C=O) groups excluding carboxylic acids is 2. The van der Waals surface area contributed by atoms with E-state index in [0.29, 0.717) is 41.3 Å². The van der Waals surface area contributed by atoms with E-state index in [2.05, 4.69) is 10.6 Å². The number of aliphatic hydroxyl groups is 1.